The van der Waals surface area contributed by atoms with Crippen LogP contribution in [-0.4, -0.2) is 67.2 Å². The van der Waals surface area contributed by atoms with Gasteiger partial charge < -0.3 is 19.9 Å². The lowest BCUT2D eigenvalue weighted by Crippen LogP contribution is -2.38. The summed E-state index contributed by atoms with van der Waals surface area (Å²) in [6.07, 6.45) is 6.99. The monoisotopic (exact) mass is 403 g/mol. The number of aromatic nitrogens is 2. The fraction of sp³-hybridized carbons (Fsp3) is 0.450. The van der Waals surface area contributed by atoms with Gasteiger partial charge in [0.05, 0.1) is 11.2 Å². The van der Waals surface area contributed by atoms with E-state index in [0.29, 0.717) is 22.9 Å². The summed E-state index contributed by atoms with van der Waals surface area (Å²) in [7, 11) is 3.93. The average Bonchev–Trinajstić information content (AvgIpc) is 2.70. The van der Waals surface area contributed by atoms with Crippen molar-refractivity contribution in [2.75, 3.05) is 45.2 Å². The van der Waals surface area contributed by atoms with Gasteiger partial charge in [0, 0.05) is 57.0 Å². The first-order valence-corrected chi connectivity index (χ1v) is 9.81. The molecule has 1 aromatic carbocycles. The first-order chi connectivity index (χ1) is 13.5. The SMILES string of the molecule is CN(C)CCNC(=O)c1ccc(OC2CCN(c3cnccn3)CC2)c(Cl)c1. The number of amides is 1. The zero-order valence-corrected chi connectivity index (χ0v) is 17.0. The molecule has 1 aromatic heterocycles. The molecule has 1 saturated heterocycles. The van der Waals surface area contributed by atoms with E-state index in [0.717, 1.165) is 38.3 Å². The fourth-order valence-corrected chi connectivity index (χ4v) is 3.29. The van der Waals surface area contributed by atoms with Crippen LogP contribution in [0.15, 0.2) is 36.8 Å². The summed E-state index contributed by atoms with van der Waals surface area (Å²) in [5.41, 5.74) is 0.536. The molecular formula is C20H26ClN5O2. The molecule has 150 valence electrons. The van der Waals surface area contributed by atoms with Gasteiger partial charge in [0.1, 0.15) is 17.7 Å². The van der Waals surface area contributed by atoms with E-state index >= 15 is 0 Å². The zero-order chi connectivity index (χ0) is 19.9. The second-order valence-corrected chi connectivity index (χ2v) is 7.48. The van der Waals surface area contributed by atoms with E-state index in [2.05, 4.69) is 20.2 Å². The molecule has 0 unspecified atom stereocenters. The molecular weight excluding hydrogens is 378 g/mol. The summed E-state index contributed by atoms with van der Waals surface area (Å²) in [5.74, 6) is 1.38. The van der Waals surface area contributed by atoms with Crippen LogP contribution >= 0.6 is 11.6 Å². The Kier molecular flexibility index (Phi) is 7.06. The van der Waals surface area contributed by atoms with Crippen molar-refractivity contribution < 1.29 is 9.53 Å². The Morgan fingerprint density at radius 2 is 2.11 bits per heavy atom. The number of piperidine rings is 1. The van der Waals surface area contributed by atoms with Gasteiger partial charge in [-0.1, -0.05) is 11.6 Å². The van der Waals surface area contributed by atoms with Crippen LogP contribution in [0.1, 0.15) is 23.2 Å². The number of anilines is 1. The number of rotatable bonds is 7. The Labute approximate surface area is 170 Å². The summed E-state index contributed by atoms with van der Waals surface area (Å²) in [6.45, 7) is 3.08. The maximum Gasteiger partial charge on any atom is 0.251 e. The molecule has 2 heterocycles. The van der Waals surface area contributed by atoms with Crippen molar-refractivity contribution >= 4 is 23.3 Å². The fourth-order valence-electron chi connectivity index (χ4n) is 3.07. The van der Waals surface area contributed by atoms with E-state index in [1.54, 1.807) is 36.8 Å². The van der Waals surface area contributed by atoms with E-state index in [1.807, 2.05) is 19.0 Å². The van der Waals surface area contributed by atoms with Crippen molar-refractivity contribution in [1.29, 1.82) is 0 Å². The Balaban J connectivity index is 1.52. The van der Waals surface area contributed by atoms with Crippen LogP contribution in [0.4, 0.5) is 5.82 Å². The van der Waals surface area contributed by atoms with Gasteiger partial charge in [-0.3, -0.25) is 9.78 Å². The van der Waals surface area contributed by atoms with Gasteiger partial charge in [0.15, 0.2) is 0 Å². The molecule has 1 fully saturated rings. The van der Waals surface area contributed by atoms with Crippen LogP contribution in [0, 0.1) is 0 Å². The Hall–Kier alpha value is -2.38. The van der Waals surface area contributed by atoms with Gasteiger partial charge in [-0.15, -0.1) is 0 Å². The predicted molar refractivity (Wildman–Crippen MR) is 110 cm³/mol. The van der Waals surface area contributed by atoms with Crippen LogP contribution in [-0.2, 0) is 0 Å². The molecule has 3 rings (SSSR count). The minimum atomic E-state index is -0.132. The highest BCUT2D eigenvalue weighted by atomic mass is 35.5. The molecule has 0 spiro atoms. The van der Waals surface area contributed by atoms with Gasteiger partial charge in [-0.25, -0.2) is 4.98 Å². The summed E-state index contributed by atoms with van der Waals surface area (Å²) < 4.78 is 6.08. The number of nitrogens with one attached hydrogen (secondary N) is 1. The van der Waals surface area contributed by atoms with E-state index in [4.69, 9.17) is 16.3 Å². The highest BCUT2D eigenvalue weighted by Crippen LogP contribution is 2.29. The largest absolute Gasteiger partial charge is 0.489 e. The number of hydrogen-bond acceptors (Lipinski definition) is 6. The molecule has 1 aliphatic heterocycles. The zero-order valence-electron chi connectivity index (χ0n) is 16.3. The van der Waals surface area contributed by atoms with Gasteiger partial charge in [0.2, 0.25) is 0 Å². The molecule has 0 atom stereocenters. The molecule has 1 aliphatic rings. The van der Waals surface area contributed by atoms with Crippen molar-refractivity contribution in [3.05, 3.63) is 47.4 Å². The van der Waals surface area contributed by atoms with E-state index in [-0.39, 0.29) is 12.0 Å². The third kappa shape index (κ3) is 5.56. The number of carbonyl (C=O) groups excluding carboxylic acids is 1. The van der Waals surface area contributed by atoms with Crippen LogP contribution in [0.3, 0.4) is 0 Å². The molecule has 0 radical (unpaired) electrons. The third-order valence-electron chi connectivity index (χ3n) is 4.65. The molecule has 0 aliphatic carbocycles. The number of hydrogen-bond donors (Lipinski definition) is 1. The Bertz CT molecular complexity index is 779. The Morgan fingerprint density at radius 3 is 2.75 bits per heavy atom. The van der Waals surface area contributed by atoms with Crippen molar-refractivity contribution in [2.24, 2.45) is 0 Å². The minimum absolute atomic E-state index is 0.0881. The van der Waals surface area contributed by atoms with Gasteiger partial charge >= 0.3 is 0 Å². The maximum atomic E-state index is 12.2. The molecule has 2 aromatic rings. The molecule has 0 saturated carbocycles. The predicted octanol–water partition coefficient (Wildman–Crippen LogP) is 2.47. The molecule has 1 amide bonds. The molecule has 1 N–H and O–H groups in total. The van der Waals surface area contributed by atoms with Gasteiger partial charge in [-0.2, -0.15) is 0 Å². The molecule has 28 heavy (non-hydrogen) atoms. The summed E-state index contributed by atoms with van der Waals surface area (Å²) in [6, 6.07) is 5.19. The first kappa shape index (κ1) is 20.4. The Morgan fingerprint density at radius 1 is 1.32 bits per heavy atom. The lowest BCUT2D eigenvalue weighted by molar-refractivity contribution is 0.0951. The lowest BCUT2D eigenvalue weighted by Gasteiger charge is -2.32. The number of carbonyl (C=O) groups is 1. The van der Waals surface area contributed by atoms with Crippen LogP contribution in [0.2, 0.25) is 5.02 Å². The number of nitrogens with zero attached hydrogens (tertiary/aromatic N) is 4. The number of halogens is 1. The second-order valence-electron chi connectivity index (χ2n) is 7.07. The highest BCUT2D eigenvalue weighted by Gasteiger charge is 2.22. The normalized spacial score (nSPS) is 14.9. The number of ether oxygens (including phenoxy) is 1. The lowest BCUT2D eigenvalue weighted by atomic mass is 10.1. The maximum absolute atomic E-state index is 12.2. The smallest absolute Gasteiger partial charge is 0.251 e. The van der Waals surface area contributed by atoms with E-state index in [1.165, 1.54) is 0 Å². The van der Waals surface area contributed by atoms with Crippen molar-refractivity contribution in [2.45, 2.75) is 18.9 Å². The third-order valence-corrected chi connectivity index (χ3v) is 4.94. The highest BCUT2D eigenvalue weighted by molar-refractivity contribution is 6.32. The topological polar surface area (TPSA) is 70.6 Å². The quantitative estimate of drug-likeness (QED) is 0.765. The van der Waals surface area contributed by atoms with E-state index in [9.17, 15) is 4.79 Å². The minimum Gasteiger partial charge on any atom is -0.489 e. The van der Waals surface area contributed by atoms with Crippen LogP contribution in [0.5, 0.6) is 5.75 Å². The molecule has 8 heteroatoms. The second kappa shape index (κ2) is 9.71. The summed E-state index contributed by atoms with van der Waals surface area (Å²) in [5, 5.41) is 3.34. The molecule has 7 nitrogen and oxygen atoms in total. The van der Waals surface area contributed by atoms with Gasteiger partial charge in [0.25, 0.3) is 5.91 Å². The van der Waals surface area contributed by atoms with Crippen LogP contribution < -0.4 is 15.0 Å². The summed E-state index contributed by atoms with van der Waals surface area (Å²) >= 11 is 6.36. The average molecular weight is 404 g/mol. The van der Waals surface area contributed by atoms with Crippen molar-refractivity contribution in [3.63, 3.8) is 0 Å². The number of likely N-dealkylation sites (N-methyl/N-ethyl adjacent to an activating group) is 1. The van der Waals surface area contributed by atoms with Crippen LogP contribution in [0.25, 0.3) is 0 Å². The summed E-state index contributed by atoms with van der Waals surface area (Å²) in [4.78, 5) is 24.9. The van der Waals surface area contributed by atoms with Crippen molar-refractivity contribution in [3.8, 4) is 5.75 Å². The van der Waals surface area contributed by atoms with Gasteiger partial charge in [-0.05, 0) is 32.3 Å². The van der Waals surface area contributed by atoms with Crippen molar-refractivity contribution in [1.82, 2.24) is 20.2 Å². The first-order valence-electron chi connectivity index (χ1n) is 9.43. The standard InChI is InChI=1S/C20H26ClN5O2/c1-25(2)12-9-24-20(27)15-3-4-18(17(21)13-15)28-16-5-10-26(11-6-16)19-14-22-7-8-23-19/h3-4,7-8,13-14,16H,5-6,9-12H2,1-2H3,(H,24,27). The van der Waals surface area contributed by atoms with E-state index < -0.39 is 0 Å². The molecule has 0 bridgehead atoms. The number of benzene rings is 1.